The Balaban J connectivity index is 2.57. The molecular formula is C23H28O7. The molecule has 2 aromatic rings. The molecule has 1 aliphatic rings. The Hall–Kier alpha value is -3.09. The monoisotopic (exact) mass is 416 g/mol. The molecule has 0 bridgehead atoms. The second kappa shape index (κ2) is 8.34. The molecule has 0 spiro atoms. The highest BCUT2D eigenvalue weighted by Crippen LogP contribution is 2.55. The third-order valence-corrected chi connectivity index (χ3v) is 5.86. The Morgan fingerprint density at radius 1 is 0.800 bits per heavy atom. The maximum absolute atomic E-state index is 13.4. The fourth-order valence-corrected chi connectivity index (χ4v) is 4.13. The van der Waals surface area contributed by atoms with E-state index in [9.17, 15) is 9.90 Å². The van der Waals surface area contributed by atoms with Crippen molar-refractivity contribution in [2.75, 3.05) is 35.5 Å². The predicted molar refractivity (Wildman–Crippen MR) is 113 cm³/mol. The van der Waals surface area contributed by atoms with Crippen LogP contribution in [0.5, 0.6) is 34.5 Å². The molecule has 0 aliphatic heterocycles. The zero-order chi connectivity index (χ0) is 22.2. The summed E-state index contributed by atoms with van der Waals surface area (Å²) in [5.74, 6) is 1.30. The first kappa shape index (κ1) is 21.6. The van der Waals surface area contributed by atoms with Crippen molar-refractivity contribution in [2.24, 2.45) is 11.8 Å². The van der Waals surface area contributed by atoms with Crippen LogP contribution >= 0.6 is 0 Å². The molecule has 0 fully saturated rings. The number of Topliss-reactive ketones (excluding diaryl/α,β-unsaturated/α-hetero) is 1. The van der Waals surface area contributed by atoms with Gasteiger partial charge in [0.05, 0.1) is 35.5 Å². The molecule has 162 valence electrons. The lowest BCUT2D eigenvalue weighted by atomic mass is 9.77. The number of benzene rings is 2. The van der Waals surface area contributed by atoms with Crippen LogP contribution in [0.25, 0.3) is 11.1 Å². The highest BCUT2D eigenvalue weighted by molar-refractivity contribution is 6.08. The van der Waals surface area contributed by atoms with Crippen molar-refractivity contribution in [3.05, 3.63) is 23.3 Å². The number of carbonyl (C=O) groups is 1. The number of ether oxygens (including phenoxy) is 5. The Labute approximate surface area is 176 Å². The van der Waals surface area contributed by atoms with Gasteiger partial charge in [-0.3, -0.25) is 4.79 Å². The minimum Gasteiger partial charge on any atom is -0.504 e. The van der Waals surface area contributed by atoms with Gasteiger partial charge in [-0.1, -0.05) is 13.8 Å². The first-order chi connectivity index (χ1) is 14.3. The molecule has 1 N–H and O–H groups in total. The summed E-state index contributed by atoms with van der Waals surface area (Å²) in [6, 6.07) is 3.34. The maximum atomic E-state index is 13.4. The SMILES string of the molecule is COc1cc2c(c(OC)c1OC)-c1c(cc(O)c(OC)c1OC)C(=O)[C@H](C)[C@@H](C)C2. The lowest BCUT2D eigenvalue weighted by molar-refractivity contribution is 0.0892. The molecule has 7 nitrogen and oxygen atoms in total. The van der Waals surface area contributed by atoms with Gasteiger partial charge in [-0.05, 0) is 30.0 Å². The quantitative estimate of drug-likeness (QED) is 0.785. The van der Waals surface area contributed by atoms with Crippen LogP contribution < -0.4 is 23.7 Å². The molecule has 0 amide bonds. The molecule has 0 radical (unpaired) electrons. The van der Waals surface area contributed by atoms with E-state index < -0.39 is 0 Å². The zero-order valence-electron chi connectivity index (χ0n) is 18.4. The zero-order valence-corrected chi connectivity index (χ0v) is 18.4. The summed E-state index contributed by atoms with van der Waals surface area (Å²) < 4.78 is 27.9. The van der Waals surface area contributed by atoms with E-state index in [0.717, 1.165) is 5.56 Å². The van der Waals surface area contributed by atoms with Crippen molar-refractivity contribution < 1.29 is 33.6 Å². The van der Waals surface area contributed by atoms with Gasteiger partial charge in [-0.2, -0.15) is 0 Å². The summed E-state index contributed by atoms with van der Waals surface area (Å²) in [5, 5.41) is 10.5. The van der Waals surface area contributed by atoms with Crippen LogP contribution in [0.15, 0.2) is 12.1 Å². The maximum Gasteiger partial charge on any atom is 0.203 e. The Bertz CT molecular complexity index is 980. The highest BCUT2D eigenvalue weighted by atomic mass is 16.5. The molecule has 0 unspecified atom stereocenters. The van der Waals surface area contributed by atoms with E-state index >= 15 is 0 Å². The third kappa shape index (κ3) is 3.18. The van der Waals surface area contributed by atoms with E-state index in [2.05, 4.69) is 0 Å². The van der Waals surface area contributed by atoms with Gasteiger partial charge < -0.3 is 28.8 Å². The van der Waals surface area contributed by atoms with Crippen LogP contribution in [0.3, 0.4) is 0 Å². The molecular weight excluding hydrogens is 388 g/mol. The number of hydrogen-bond donors (Lipinski definition) is 1. The van der Waals surface area contributed by atoms with E-state index in [4.69, 9.17) is 23.7 Å². The van der Waals surface area contributed by atoms with E-state index in [1.54, 1.807) is 7.11 Å². The van der Waals surface area contributed by atoms with E-state index in [1.807, 2.05) is 19.9 Å². The van der Waals surface area contributed by atoms with Crippen molar-refractivity contribution in [1.82, 2.24) is 0 Å². The number of methoxy groups -OCH3 is 5. The van der Waals surface area contributed by atoms with Gasteiger partial charge in [0.2, 0.25) is 11.5 Å². The van der Waals surface area contributed by atoms with Gasteiger partial charge in [0.15, 0.2) is 28.8 Å². The number of rotatable bonds is 5. The molecule has 7 heteroatoms. The van der Waals surface area contributed by atoms with Crippen molar-refractivity contribution >= 4 is 5.78 Å². The Morgan fingerprint density at radius 3 is 1.90 bits per heavy atom. The Kier molecular flexibility index (Phi) is 6.01. The molecule has 3 rings (SSSR count). The van der Waals surface area contributed by atoms with E-state index in [0.29, 0.717) is 40.4 Å². The summed E-state index contributed by atoms with van der Waals surface area (Å²) in [6.45, 7) is 3.93. The largest absolute Gasteiger partial charge is 0.504 e. The summed E-state index contributed by atoms with van der Waals surface area (Å²) in [4.78, 5) is 13.4. The molecule has 1 aliphatic carbocycles. The van der Waals surface area contributed by atoms with E-state index in [1.165, 1.54) is 34.5 Å². The van der Waals surface area contributed by atoms with Crippen LogP contribution in [0, 0.1) is 11.8 Å². The lowest BCUT2D eigenvalue weighted by Crippen LogP contribution is -2.24. The first-order valence-electron chi connectivity index (χ1n) is 9.68. The van der Waals surface area contributed by atoms with Crippen molar-refractivity contribution in [3.8, 4) is 45.6 Å². The minimum absolute atomic E-state index is 0.0439. The van der Waals surface area contributed by atoms with Gasteiger partial charge in [0.25, 0.3) is 0 Å². The number of ketones is 1. The van der Waals surface area contributed by atoms with Gasteiger partial charge in [0, 0.05) is 22.6 Å². The van der Waals surface area contributed by atoms with Crippen LogP contribution in [-0.4, -0.2) is 46.4 Å². The van der Waals surface area contributed by atoms with Crippen LogP contribution in [0.4, 0.5) is 0 Å². The van der Waals surface area contributed by atoms with Gasteiger partial charge >= 0.3 is 0 Å². The number of carbonyl (C=O) groups excluding carboxylic acids is 1. The van der Waals surface area contributed by atoms with Gasteiger partial charge in [0.1, 0.15) is 0 Å². The first-order valence-corrected chi connectivity index (χ1v) is 9.68. The van der Waals surface area contributed by atoms with Gasteiger partial charge in [-0.15, -0.1) is 0 Å². The minimum atomic E-state index is -0.270. The summed E-state index contributed by atoms with van der Waals surface area (Å²) in [5.41, 5.74) is 2.43. The smallest absolute Gasteiger partial charge is 0.203 e. The number of phenols is 1. The van der Waals surface area contributed by atoms with Crippen molar-refractivity contribution in [3.63, 3.8) is 0 Å². The summed E-state index contributed by atoms with van der Waals surface area (Å²) in [7, 11) is 7.54. The molecule has 0 saturated heterocycles. The van der Waals surface area contributed by atoms with Crippen LogP contribution in [0.2, 0.25) is 0 Å². The summed E-state index contributed by atoms with van der Waals surface area (Å²) >= 11 is 0. The molecule has 0 heterocycles. The third-order valence-electron chi connectivity index (χ3n) is 5.86. The molecule has 30 heavy (non-hydrogen) atoms. The summed E-state index contributed by atoms with van der Waals surface area (Å²) in [6.07, 6.45) is 0.616. The molecule has 0 aromatic heterocycles. The number of hydrogen-bond acceptors (Lipinski definition) is 7. The Morgan fingerprint density at radius 2 is 1.37 bits per heavy atom. The highest BCUT2D eigenvalue weighted by Gasteiger charge is 2.36. The topological polar surface area (TPSA) is 83.5 Å². The second-order valence-corrected chi connectivity index (χ2v) is 7.40. The molecule has 2 atom stereocenters. The van der Waals surface area contributed by atoms with Crippen LogP contribution in [0.1, 0.15) is 29.8 Å². The molecule has 2 aromatic carbocycles. The normalized spacial score (nSPS) is 17.9. The lowest BCUT2D eigenvalue weighted by Gasteiger charge is -2.29. The van der Waals surface area contributed by atoms with E-state index in [-0.39, 0.29) is 34.9 Å². The van der Waals surface area contributed by atoms with Crippen molar-refractivity contribution in [2.45, 2.75) is 20.3 Å². The number of fused-ring (bicyclic) bond motifs is 3. The predicted octanol–water partition coefficient (Wildman–Crippen LogP) is 4.11. The molecule has 0 saturated carbocycles. The average Bonchev–Trinajstić information content (AvgIpc) is 2.75. The van der Waals surface area contributed by atoms with Crippen molar-refractivity contribution in [1.29, 1.82) is 0 Å². The van der Waals surface area contributed by atoms with Gasteiger partial charge in [-0.25, -0.2) is 0 Å². The number of aromatic hydroxyl groups is 1. The fraction of sp³-hybridized carbons (Fsp3) is 0.435. The number of phenolic OH excluding ortho intramolecular Hbond substituents is 1. The standard InChI is InChI=1S/C23H28O7/c1-11-8-13-9-16(26-3)21(28-5)22(29-6)17(13)18-14(19(25)12(11)2)10-15(24)20(27-4)23(18)30-7/h9-12,24H,8H2,1-7H3/t11-,12+/m0/s1. The second-order valence-electron chi connectivity index (χ2n) is 7.40. The fourth-order valence-electron chi connectivity index (χ4n) is 4.13. The van der Waals surface area contributed by atoms with Crippen LogP contribution in [-0.2, 0) is 6.42 Å². The average molecular weight is 416 g/mol.